The van der Waals surface area contributed by atoms with Crippen molar-refractivity contribution < 1.29 is 9.21 Å². The highest BCUT2D eigenvalue weighted by atomic mass is 35.5. The van der Waals surface area contributed by atoms with E-state index in [1.54, 1.807) is 12.1 Å². The third-order valence-electron chi connectivity index (χ3n) is 6.48. The summed E-state index contributed by atoms with van der Waals surface area (Å²) in [5.74, 6) is 0.116. The lowest BCUT2D eigenvalue weighted by Gasteiger charge is -2.37. The second-order valence-electron chi connectivity index (χ2n) is 8.44. The van der Waals surface area contributed by atoms with Crippen LogP contribution in [0.1, 0.15) is 38.5 Å². The first kappa shape index (κ1) is 19.5. The molecule has 6 nitrogen and oxygen atoms in total. The number of hydrogen-bond donors (Lipinski definition) is 1. The number of aromatic nitrogens is 1. The molecular weight excluding hydrogens is 376 g/mol. The van der Waals surface area contributed by atoms with Crippen LogP contribution in [0.15, 0.2) is 22.6 Å². The number of nitrogens with one attached hydrogen (secondary N) is 1. The summed E-state index contributed by atoms with van der Waals surface area (Å²) in [5, 5.41) is 3.89. The molecule has 2 heterocycles. The van der Waals surface area contributed by atoms with Crippen molar-refractivity contribution in [2.75, 3.05) is 38.6 Å². The monoisotopic (exact) mass is 404 g/mol. The zero-order chi connectivity index (χ0) is 19.7. The van der Waals surface area contributed by atoms with E-state index < -0.39 is 0 Å². The first-order chi connectivity index (χ1) is 13.5. The summed E-state index contributed by atoms with van der Waals surface area (Å²) in [6, 6.07) is 6.02. The van der Waals surface area contributed by atoms with Crippen molar-refractivity contribution >= 4 is 34.6 Å². The first-order valence-electron chi connectivity index (χ1n) is 10.2. The number of anilines is 1. The van der Waals surface area contributed by atoms with E-state index in [4.69, 9.17) is 16.0 Å². The molecular formula is C21H29ClN4O2. The molecule has 7 heteroatoms. The lowest BCUT2D eigenvalue weighted by Crippen LogP contribution is -2.53. The molecule has 1 unspecified atom stereocenters. The summed E-state index contributed by atoms with van der Waals surface area (Å²) in [4.78, 5) is 21.8. The van der Waals surface area contributed by atoms with E-state index in [0.29, 0.717) is 17.6 Å². The number of likely N-dealkylation sites (N-methyl/N-ethyl adjacent to an activating group) is 1. The molecule has 1 atom stereocenters. The number of rotatable bonds is 5. The number of nitrogens with zero attached hydrogens (tertiary/aromatic N) is 3. The van der Waals surface area contributed by atoms with E-state index in [0.717, 1.165) is 49.9 Å². The SMILES string of the molecule is CN(C)C1(CNC(=O)C2CCCN(c3nc4cc(Cl)ccc4o3)C2)CCCC1. The molecule has 1 aromatic carbocycles. The van der Waals surface area contributed by atoms with Gasteiger partial charge in [-0.1, -0.05) is 24.4 Å². The molecule has 2 aromatic rings. The average Bonchev–Trinajstić information content (AvgIpc) is 3.33. The minimum Gasteiger partial charge on any atom is -0.423 e. The van der Waals surface area contributed by atoms with Crippen LogP contribution in [0.25, 0.3) is 11.1 Å². The Labute approximate surface area is 171 Å². The zero-order valence-electron chi connectivity index (χ0n) is 16.7. The van der Waals surface area contributed by atoms with Gasteiger partial charge in [-0.25, -0.2) is 0 Å². The topological polar surface area (TPSA) is 61.6 Å². The smallest absolute Gasteiger partial charge is 0.298 e. The lowest BCUT2D eigenvalue weighted by molar-refractivity contribution is -0.125. The maximum atomic E-state index is 12.9. The number of piperidine rings is 1. The molecule has 0 radical (unpaired) electrons. The normalized spacial score (nSPS) is 22.1. The van der Waals surface area contributed by atoms with Gasteiger partial charge in [0.25, 0.3) is 6.01 Å². The van der Waals surface area contributed by atoms with Crippen molar-refractivity contribution in [2.45, 2.75) is 44.1 Å². The molecule has 1 aromatic heterocycles. The summed E-state index contributed by atoms with van der Waals surface area (Å²) in [7, 11) is 4.25. The summed E-state index contributed by atoms with van der Waals surface area (Å²) in [6.07, 6.45) is 6.66. The Kier molecular flexibility index (Phi) is 5.52. The summed E-state index contributed by atoms with van der Waals surface area (Å²) in [5.41, 5.74) is 1.59. The quantitative estimate of drug-likeness (QED) is 0.823. The van der Waals surface area contributed by atoms with E-state index in [9.17, 15) is 4.79 Å². The summed E-state index contributed by atoms with van der Waals surface area (Å²) in [6.45, 7) is 2.23. The van der Waals surface area contributed by atoms with E-state index in [1.807, 2.05) is 6.07 Å². The van der Waals surface area contributed by atoms with Crippen LogP contribution in [0.3, 0.4) is 0 Å². The van der Waals surface area contributed by atoms with Gasteiger partial charge in [-0.3, -0.25) is 4.79 Å². The Morgan fingerprint density at radius 2 is 2.14 bits per heavy atom. The Morgan fingerprint density at radius 3 is 2.89 bits per heavy atom. The molecule has 1 saturated carbocycles. The number of fused-ring (bicyclic) bond motifs is 1. The van der Waals surface area contributed by atoms with Crippen LogP contribution in [-0.4, -0.2) is 55.1 Å². The van der Waals surface area contributed by atoms with E-state index in [-0.39, 0.29) is 17.4 Å². The van der Waals surface area contributed by atoms with E-state index in [1.165, 1.54) is 12.8 Å². The molecule has 1 amide bonds. The van der Waals surface area contributed by atoms with Crippen LogP contribution in [-0.2, 0) is 4.79 Å². The molecule has 0 bridgehead atoms. The van der Waals surface area contributed by atoms with Crippen molar-refractivity contribution in [1.29, 1.82) is 0 Å². The van der Waals surface area contributed by atoms with Gasteiger partial charge in [-0.15, -0.1) is 0 Å². The molecule has 0 spiro atoms. The number of benzene rings is 1. The fourth-order valence-corrected chi connectivity index (χ4v) is 4.77. The maximum Gasteiger partial charge on any atom is 0.298 e. The van der Waals surface area contributed by atoms with Gasteiger partial charge in [0.2, 0.25) is 5.91 Å². The Morgan fingerprint density at radius 1 is 1.36 bits per heavy atom. The van der Waals surface area contributed by atoms with Crippen LogP contribution in [0, 0.1) is 5.92 Å². The van der Waals surface area contributed by atoms with Crippen molar-refractivity contribution in [3.05, 3.63) is 23.2 Å². The third-order valence-corrected chi connectivity index (χ3v) is 6.71. The molecule has 152 valence electrons. The lowest BCUT2D eigenvalue weighted by atomic mass is 9.94. The largest absolute Gasteiger partial charge is 0.423 e. The van der Waals surface area contributed by atoms with Crippen LogP contribution >= 0.6 is 11.6 Å². The summed E-state index contributed by atoms with van der Waals surface area (Å²) < 4.78 is 5.90. The van der Waals surface area contributed by atoms with E-state index >= 15 is 0 Å². The van der Waals surface area contributed by atoms with Gasteiger partial charge in [0.05, 0.1) is 5.92 Å². The molecule has 2 aliphatic rings. The number of carbonyl (C=O) groups is 1. The Bertz CT molecular complexity index is 844. The van der Waals surface area contributed by atoms with Gasteiger partial charge in [0.15, 0.2) is 5.58 Å². The van der Waals surface area contributed by atoms with Crippen molar-refractivity contribution in [1.82, 2.24) is 15.2 Å². The fraction of sp³-hybridized carbons (Fsp3) is 0.619. The van der Waals surface area contributed by atoms with Gasteiger partial charge in [-0.2, -0.15) is 4.98 Å². The maximum absolute atomic E-state index is 12.9. The van der Waals surface area contributed by atoms with Gasteiger partial charge < -0.3 is 19.5 Å². The number of carbonyl (C=O) groups excluding carboxylic acids is 1. The molecule has 2 fully saturated rings. The van der Waals surface area contributed by atoms with Gasteiger partial charge in [0.1, 0.15) is 5.52 Å². The predicted octanol–water partition coefficient (Wildman–Crippen LogP) is 3.69. The standard InChI is InChI=1S/C21H29ClN4O2/c1-25(2)21(9-3-4-10-21)14-23-19(27)15-6-5-11-26(13-15)20-24-17-12-16(22)7-8-18(17)28-20/h7-8,12,15H,3-6,9-11,13-14H2,1-2H3,(H,23,27). The van der Waals surface area contributed by atoms with E-state index in [2.05, 4.69) is 34.2 Å². The van der Waals surface area contributed by atoms with Crippen molar-refractivity contribution in [2.24, 2.45) is 5.92 Å². The number of amides is 1. The van der Waals surface area contributed by atoms with Crippen LogP contribution in [0.5, 0.6) is 0 Å². The van der Waals surface area contributed by atoms with Crippen LogP contribution in [0.4, 0.5) is 6.01 Å². The fourth-order valence-electron chi connectivity index (χ4n) is 4.60. The molecule has 1 aliphatic heterocycles. The minimum absolute atomic E-state index is 0.0343. The van der Waals surface area contributed by atoms with Gasteiger partial charge in [0, 0.05) is 30.2 Å². The van der Waals surface area contributed by atoms with Crippen molar-refractivity contribution in [3.63, 3.8) is 0 Å². The second kappa shape index (κ2) is 7.91. The van der Waals surface area contributed by atoms with Crippen LogP contribution < -0.4 is 10.2 Å². The summed E-state index contributed by atoms with van der Waals surface area (Å²) >= 11 is 6.05. The van der Waals surface area contributed by atoms with Crippen LogP contribution in [0.2, 0.25) is 5.02 Å². The minimum atomic E-state index is -0.0343. The van der Waals surface area contributed by atoms with Crippen molar-refractivity contribution in [3.8, 4) is 0 Å². The Balaban J connectivity index is 1.40. The number of halogens is 1. The Hall–Kier alpha value is -1.79. The number of oxazole rings is 1. The highest BCUT2D eigenvalue weighted by molar-refractivity contribution is 6.31. The average molecular weight is 405 g/mol. The zero-order valence-corrected chi connectivity index (χ0v) is 17.5. The highest BCUT2D eigenvalue weighted by Crippen LogP contribution is 2.33. The molecule has 1 aliphatic carbocycles. The van der Waals surface area contributed by atoms with Gasteiger partial charge >= 0.3 is 0 Å². The predicted molar refractivity (Wildman–Crippen MR) is 112 cm³/mol. The molecule has 28 heavy (non-hydrogen) atoms. The molecule has 1 saturated heterocycles. The van der Waals surface area contributed by atoms with Gasteiger partial charge in [-0.05, 0) is 58.0 Å². The first-order valence-corrected chi connectivity index (χ1v) is 10.6. The second-order valence-corrected chi connectivity index (χ2v) is 8.87. The third kappa shape index (κ3) is 3.85. The number of hydrogen-bond acceptors (Lipinski definition) is 5. The molecule has 4 rings (SSSR count). The highest BCUT2D eigenvalue weighted by Gasteiger charge is 2.37. The molecule has 1 N–H and O–H groups in total.